The van der Waals surface area contributed by atoms with E-state index in [1.165, 1.54) is 5.56 Å². The van der Waals surface area contributed by atoms with Crippen molar-refractivity contribution in [3.8, 4) is 0 Å². The molecule has 2 N–H and O–H groups in total. The lowest BCUT2D eigenvalue weighted by Gasteiger charge is -2.35. The van der Waals surface area contributed by atoms with Gasteiger partial charge in [-0.25, -0.2) is 4.79 Å². The lowest BCUT2D eigenvalue weighted by atomic mass is 9.91. The number of thioether (sulfide) groups is 1. The zero-order valence-electron chi connectivity index (χ0n) is 16.6. The van der Waals surface area contributed by atoms with Gasteiger partial charge in [-0.05, 0) is 61.9 Å². The first-order valence-electron chi connectivity index (χ1n) is 9.67. The maximum atomic E-state index is 12.2. The first-order chi connectivity index (χ1) is 14.0. The number of hydrogen-bond acceptors (Lipinski definition) is 6. The smallest absolute Gasteiger partial charge is 0.351 e. The topological polar surface area (TPSA) is 62.8 Å². The normalized spacial score (nSPS) is 18.2. The van der Waals surface area contributed by atoms with Gasteiger partial charge in [0.15, 0.2) is 0 Å². The summed E-state index contributed by atoms with van der Waals surface area (Å²) in [7, 11) is 0. The second-order valence-electron chi connectivity index (χ2n) is 7.35. The Bertz CT molecular complexity index is 889. The minimum absolute atomic E-state index is 0.357. The van der Waals surface area contributed by atoms with E-state index in [1.54, 1.807) is 16.8 Å². The first kappa shape index (κ1) is 19.8. The van der Waals surface area contributed by atoms with E-state index in [0.29, 0.717) is 13.1 Å². The van der Waals surface area contributed by atoms with Gasteiger partial charge >= 0.3 is 6.09 Å². The second kappa shape index (κ2) is 8.49. The molecule has 1 fully saturated rings. The van der Waals surface area contributed by atoms with Crippen LogP contribution >= 0.6 is 11.8 Å². The molecule has 0 aliphatic carbocycles. The Morgan fingerprint density at radius 3 is 2.48 bits per heavy atom. The van der Waals surface area contributed by atoms with Gasteiger partial charge in [0.25, 0.3) is 0 Å². The number of benzene rings is 2. The summed E-state index contributed by atoms with van der Waals surface area (Å²) in [6.45, 7) is 3.29. The Morgan fingerprint density at radius 2 is 1.83 bits per heavy atom. The molecule has 2 heterocycles. The number of hydrogen-bond donors (Lipinski definition) is 2. The van der Waals surface area contributed by atoms with E-state index in [0.717, 1.165) is 34.7 Å². The van der Waals surface area contributed by atoms with Crippen LogP contribution < -0.4 is 10.8 Å². The maximum Gasteiger partial charge on any atom is 0.430 e. The molecule has 0 saturated carbocycles. The lowest BCUT2D eigenvalue weighted by Crippen LogP contribution is -2.45. The molecule has 0 radical (unpaired) electrons. The molecule has 0 atom stereocenters. The van der Waals surface area contributed by atoms with Crippen molar-refractivity contribution in [2.45, 2.75) is 30.3 Å². The van der Waals surface area contributed by atoms with Crippen molar-refractivity contribution >= 4 is 29.2 Å². The van der Waals surface area contributed by atoms with E-state index in [-0.39, 0.29) is 5.60 Å². The highest BCUT2D eigenvalue weighted by Gasteiger charge is 2.39. The summed E-state index contributed by atoms with van der Waals surface area (Å²) in [5.74, 6) is 0. The van der Waals surface area contributed by atoms with E-state index >= 15 is 0 Å². The Hall–Kier alpha value is -2.48. The number of nitrogens with zero attached hydrogens (tertiary/aromatic N) is 1. The monoisotopic (exact) mass is 411 g/mol. The fourth-order valence-corrected chi connectivity index (χ4v) is 3.90. The SMILES string of the molecule is CSc1ccc(NC(=O)ON2CCC3(C=C(c4ccc(C)cc4)NO3)CC2)cc1. The third kappa shape index (κ3) is 4.75. The van der Waals surface area contributed by atoms with Gasteiger partial charge < -0.3 is 4.84 Å². The quantitative estimate of drug-likeness (QED) is 0.718. The van der Waals surface area contributed by atoms with Gasteiger partial charge in [-0.15, -0.1) is 16.8 Å². The average molecular weight is 412 g/mol. The summed E-state index contributed by atoms with van der Waals surface area (Å²) in [6, 6.07) is 16.0. The molecular weight excluding hydrogens is 386 g/mol. The predicted octanol–water partition coefficient (Wildman–Crippen LogP) is 4.59. The van der Waals surface area contributed by atoms with E-state index in [4.69, 9.17) is 9.68 Å². The van der Waals surface area contributed by atoms with Gasteiger partial charge in [-0.1, -0.05) is 29.8 Å². The first-order valence-corrected chi connectivity index (χ1v) is 10.9. The third-order valence-corrected chi connectivity index (χ3v) is 5.99. The number of carbonyl (C=O) groups is 1. The van der Waals surface area contributed by atoms with Crippen molar-refractivity contribution in [2.75, 3.05) is 24.7 Å². The molecule has 29 heavy (non-hydrogen) atoms. The van der Waals surface area contributed by atoms with Crippen LogP contribution in [0.2, 0.25) is 0 Å². The summed E-state index contributed by atoms with van der Waals surface area (Å²) in [6.07, 6.45) is 5.18. The van der Waals surface area contributed by atoms with E-state index < -0.39 is 6.09 Å². The van der Waals surface area contributed by atoms with Crippen molar-refractivity contribution in [1.29, 1.82) is 0 Å². The van der Waals surface area contributed by atoms with E-state index in [2.05, 4.69) is 48.1 Å². The average Bonchev–Trinajstić information content (AvgIpc) is 3.15. The van der Waals surface area contributed by atoms with Gasteiger partial charge in [-0.3, -0.25) is 15.6 Å². The lowest BCUT2D eigenvalue weighted by molar-refractivity contribution is -0.153. The molecule has 6 nitrogen and oxygen atoms in total. The highest BCUT2D eigenvalue weighted by atomic mass is 32.2. The molecule has 2 aromatic rings. The van der Waals surface area contributed by atoms with Crippen LogP contribution in [-0.2, 0) is 9.68 Å². The Kier molecular flexibility index (Phi) is 5.80. The molecule has 0 unspecified atom stereocenters. The highest BCUT2D eigenvalue weighted by Crippen LogP contribution is 2.34. The van der Waals surface area contributed by atoms with Crippen molar-refractivity contribution in [3.63, 3.8) is 0 Å². The highest BCUT2D eigenvalue weighted by molar-refractivity contribution is 7.98. The number of piperidine rings is 1. The number of aryl methyl sites for hydroxylation is 1. The third-order valence-electron chi connectivity index (χ3n) is 5.25. The number of nitrogens with one attached hydrogen (secondary N) is 2. The number of anilines is 1. The molecule has 2 aromatic carbocycles. The Balaban J connectivity index is 1.30. The molecule has 2 aliphatic rings. The van der Waals surface area contributed by atoms with E-state index in [9.17, 15) is 4.79 Å². The number of carbonyl (C=O) groups excluding carboxylic acids is 1. The predicted molar refractivity (Wildman–Crippen MR) is 115 cm³/mol. The van der Waals surface area contributed by atoms with Crippen LogP contribution in [-0.4, -0.2) is 36.1 Å². The van der Waals surface area contributed by atoms with Gasteiger partial charge in [0.05, 0.1) is 5.70 Å². The Labute approximate surface area is 175 Å². The number of hydroxylamine groups is 3. The standard InChI is InChI=1S/C22H25N3O3S/c1-16-3-5-17(6-4-16)20-15-22(28-24-20)11-13-25(14-12-22)27-21(26)23-18-7-9-19(29-2)10-8-18/h3-10,15,24H,11-14H2,1-2H3,(H,23,26). The molecule has 0 aromatic heterocycles. The molecule has 1 saturated heterocycles. The van der Waals surface area contributed by atoms with Crippen molar-refractivity contribution in [3.05, 3.63) is 65.7 Å². The van der Waals surface area contributed by atoms with Gasteiger partial charge in [-0.2, -0.15) is 0 Å². The van der Waals surface area contributed by atoms with Gasteiger partial charge in [0.1, 0.15) is 5.60 Å². The van der Waals surface area contributed by atoms with Crippen LogP contribution in [0.1, 0.15) is 24.0 Å². The fraction of sp³-hybridized carbons (Fsp3) is 0.318. The van der Waals surface area contributed by atoms with Crippen LogP contribution in [0.5, 0.6) is 0 Å². The zero-order valence-corrected chi connectivity index (χ0v) is 17.4. The summed E-state index contributed by atoms with van der Waals surface area (Å²) in [5.41, 5.74) is 6.76. The molecular formula is C22H25N3O3S. The van der Waals surface area contributed by atoms with Crippen LogP contribution in [0, 0.1) is 6.92 Å². The summed E-state index contributed by atoms with van der Waals surface area (Å²) >= 11 is 1.66. The largest absolute Gasteiger partial charge is 0.430 e. The summed E-state index contributed by atoms with van der Waals surface area (Å²) in [4.78, 5) is 24.7. The Morgan fingerprint density at radius 1 is 1.14 bits per heavy atom. The molecule has 7 heteroatoms. The minimum atomic E-state index is -0.473. The molecule has 2 aliphatic heterocycles. The van der Waals surface area contributed by atoms with E-state index in [1.807, 2.05) is 30.5 Å². The van der Waals surface area contributed by atoms with Crippen LogP contribution in [0.3, 0.4) is 0 Å². The summed E-state index contributed by atoms with van der Waals surface area (Å²) in [5, 5.41) is 4.46. The van der Waals surface area contributed by atoms with Gasteiger partial charge in [0, 0.05) is 23.7 Å². The molecule has 4 rings (SSSR count). The van der Waals surface area contributed by atoms with Crippen molar-refractivity contribution in [2.24, 2.45) is 0 Å². The van der Waals surface area contributed by atoms with Crippen LogP contribution in [0.4, 0.5) is 10.5 Å². The minimum Gasteiger partial charge on any atom is -0.351 e. The van der Waals surface area contributed by atoms with Gasteiger partial charge in [0.2, 0.25) is 0 Å². The molecule has 0 bridgehead atoms. The van der Waals surface area contributed by atoms with Crippen LogP contribution in [0.25, 0.3) is 5.70 Å². The second-order valence-corrected chi connectivity index (χ2v) is 8.23. The maximum absolute atomic E-state index is 12.2. The molecule has 1 spiro atoms. The van der Waals surface area contributed by atoms with Crippen molar-refractivity contribution in [1.82, 2.24) is 10.5 Å². The number of rotatable bonds is 4. The molecule has 152 valence electrons. The summed E-state index contributed by atoms with van der Waals surface area (Å²) < 4.78 is 0. The van der Waals surface area contributed by atoms with Crippen molar-refractivity contribution < 1.29 is 14.5 Å². The number of amides is 1. The van der Waals surface area contributed by atoms with Crippen LogP contribution in [0.15, 0.2) is 59.5 Å². The zero-order chi connectivity index (χ0) is 20.3. The fourth-order valence-electron chi connectivity index (χ4n) is 3.49. The molecule has 1 amide bonds.